The molecule has 2 heterocycles. The number of amides is 1. The predicted molar refractivity (Wildman–Crippen MR) is 136 cm³/mol. The smallest absolute Gasteiger partial charge is 0.299 e. The van der Waals surface area contributed by atoms with Crippen LogP contribution >= 0.6 is 11.6 Å². The molecule has 5 rings (SSSR count). The van der Waals surface area contributed by atoms with Crippen molar-refractivity contribution in [2.24, 2.45) is 5.14 Å². The number of H-pyrrole nitrogens is 1. The molecule has 200 valence electrons. The Bertz CT molecular complexity index is 1850. The third-order valence-corrected chi connectivity index (χ3v) is 6.54. The van der Waals surface area contributed by atoms with Crippen LogP contribution < -0.4 is 9.86 Å². The van der Waals surface area contributed by atoms with Gasteiger partial charge in [0.25, 0.3) is 16.1 Å². The summed E-state index contributed by atoms with van der Waals surface area (Å²) >= 11 is 6.12. The van der Waals surface area contributed by atoms with Gasteiger partial charge in [-0.1, -0.05) is 29.8 Å². The quantitative estimate of drug-likeness (QED) is 0.196. The Morgan fingerprint density at radius 3 is 2.33 bits per heavy atom. The van der Waals surface area contributed by atoms with Crippen LogP contribution in [0.3, 0.4) is 0 Å². The Morgan fingerprint density at radius 2 is 1.69 bits per heavy atom. The first-order valence-corrected chi connectivity index (χ1v) is 13.0. The van der Waals surface area contributed by atoms with E-state index in [2.05, 4.69) is 10.1 Å². The summed E-state index contributed by atoms with van der Waals surface area (Å²) in [6, 6.07) is 11.5. The lowest BCUT2D eigenvalue weighted by molar-refractivity contribution is 0.0978. The van der Waals surface area contributed by atoms with Gasteiger partial charge in [0.15, 0.2) is 17.5 Å². The second kappa shape index (κ2) is 9.84. The van der Waals surface area contributed by atoms with Crippen molar-refractivity contribution in [1.29, 1.82) is 0 Å². The highest BCUT2D eigenvalue weighted by Gasteiger charge is 2.27. The van der Waals surface area contributed by atoms with Crippen molar-refractivity contribution in [1.82, 2.24) is 19.5 Å². The third-order valence-electron chi connectivity index (χ3n) is 5.83. The first-order chi connectivity index (χ1) is 18.4. The molecule has 0 unspecified atom stereocenters. The van der Waals surface area contributed by atoms with E-state index in [1.54, 1.807) is 10.8 Å². The van der Waals surface area contributed by atoms with Gasteiger partial charge in [0, 0.05) is 27.1 Å². The Labute approximate surface area is 223 Å². The number of nitrogens with two attached hydrogens (primary N) is 1. The van der Waals surface area contributed by atoms with E-state index in [4.69, 9.17) is 16.7 Å². The summed E-state index contributed by atoms with van der Waals surface area (Å²) in [6.45, 7) is -0.291. The molecule has 0 atom stereocenters. The van der Waals surface area contributed by atoms with E-state index in [1.807, 2.05) is 0 Å². The molecular formula is C25H16ClF4N5O3S. The fourth-order valence-corrected chi connectivity index (χ4v) is 4.78. The average Bonchev–Trinajstić information content (AvgIpc) is 3.42. The lowest BCUT2D eigenvalue weighted by Crippen LogP contribution is -2.36. The van der Waals surface area contributed by atoms with Crippen LogP contribution in [-0.4, -0.2) is 29.1 Å². The number of halogens is 5. The van der Waals surface area contributed by atoms with E-state index in [-0.39, 0.29) is 29.1 Å². The zero-order valence-corrected chi connectivity index (χ0v) is 21.0. The summed E-state index contributed by atoms with van der Waals surface area (Å²) < 4.78 is 81.5. The van der Waals surface area contributed by atoms with Crippen molar-refractivity contribution in [2.45, 2.75) is 6.54 Å². The number of hydrogen-bond donors (Lipinski definition) is 3. The first-order valence-electron chi connectivity index (χ1n) is 11.0. The Morgan fingerprint density at radius 1 is 1.03 bits per heavy atom. The monoisotopic (exact) mass is 577 g/mol. The number of aromatic nitrogens is 3. The minimum atomic E-state index is -4.47. The van der Waals surface area contributed by atoms with Gasteiger partial charge in [-0.25, -0.2) is 27.4 Å². The number of rotatable bonds is 6. The Balaban J connectivity index is 1.80. The zero-order chi connectivity index (χ0) is 28.1. The van der Waals surface area contributed by atoms with Crippen LogP contribution in [0.2, 0.25) is 5.02 Å². The van der Waals surface area contributed by atoms with Gasteiger partial charge in [-0.05, 0) is 47.5 Å². The first kappa shape index (κ1) is 26.4. The number of carbonyl (C=O) groups is 1. The number of nitrogens with one attached hydrogen (secondary N) is 2. The van der Waals surface area contributed by atoms with Crippen molar-refractivity contribution >= 4 is 38.6 Å². The highest BCUT2D eigenvalue weighted by atomic mass is 35.5. The van der Waals surface area contributed by atoms with Gasteiger partial charge in [0.1, 0.15) is 11.5 Å². The SMILES string of the molecule is NS(=O)(=O)NC(=O)c1[nH]c2cc(Cl)ccc2c1-c1c(-c2ccc(F)cc2)cnn1Cc1cc(F)c(F)c(F)c1. The molecule has 5 aromatic rings. The largest absolute Gasteiger partial charge is 0.350 e. The van der Waals surface area contributed by atoms with E-state index in [0.717, 1.165) is 12.1 Å². The van der Waals surface area contributed by atoms with Gasteiger partial charge in [-0.3, -0.25) is 9.48 Å². The molecule has 0 aliphatic carbocycles. The van der Waals surface area contributed by atoms with Gasteiger partial charge < -0.3 is 4.98 Å². The molecule has 39 heavy (non-hydrogen) atoms. The molecule has 0 spiro atoms. The molecule has 0 saturated carbocycles. The number of carbonyl (C=O) groups excluding carboxylic acids is 1. The fraction of sp³-hybridized carbons (Fsp3) is 0.0400. The molecule has 3 aromatic carbocycles. The maximum Gasteiger partial charge on any atom is 0.299 e. The average molecular weight is 578 g/mol. The highest BCUT2D eigenvalue weighted by molar-refractivity contribution is 7.87. The van der Waals surface area contributed by atoms with Crippen LogP contribution in [0.1, 0.15) is 16.1 Å². The van der Waals surface area contributed by atoms with Crippen LogP contribution in [0, 0.1) is 23.3 Å². The van der Waals surface area contributed by atoms with Crippen molar-refractivity contribution in [3.05, 3.63) is 100 Å². The molecule has 14 heteroatoms. The standard InChI is InChI=1S/C25H16ClF4N5O3S/c26-14-3-6-16-20(9-14)33-23(25(36)34-39(31,37)38)21(16)24-17(13-1-4-15(27)5-2-13)10-32-35(24)11-12-7-18(28)22(30)19(29)8-12/h1-10,33H,11H2,(H,34,36)(H2,31,37,38). The van der Waals surface area contributed by atoms with Crippen molar-refractivity contribution in [2.75, 3.05) is 0 Å². The van der Waals surface area contributed by atoms with E-state index < -0.39 is 39.4 Å². The third kappa shape index (κ3) is 5.24. The summed E-state index contributed by atoms with van der Waals surface area (Å²) in [7, 11) is -4.47. The topological polar surface area (TPSA) is 123 Å². The lowest BCUT2D eigenvalue weighted by Gasteiger charge is -2.13. The van der Waals surface area contributed by atoms with Crippen LogP contribution in [0.15, 0.2) is 60.8 Å². The predicted octanol–water partition coefficient (Wildman–Crippen LogP) is 4.89. The maximum absolute atomic E-state index is 14.0. The van der Waals surface area contributed by atoms with Crippen LogP contribution in [0.5, 0.6) is 0 Å². The normalized spacial score (nSPS) is 11.7. The molecule has 0 radical (unpaired) electrons. The van der Waals surface area contributed by atoms with Crippen LogP contribution in [-0.2, 0) is 16.8 Å². The van der Waals surface area contributed by atoms with Gasteiger partial charge in [0.2, 0.25) is 0 Å². The fourth-order valence-electron chi connectivity index (χ4n) is 4.25. The molecule has 0 bridgehead atoms. The second-order valence-corrected chi connectivity index (χ2v) is 10.2. The number of fused-ring (bicyclic) bond motifs is 1. The summed E-state index contributed by atoms with van der Waals surface area (Å²) in [6.07, 6.45) is 1.38. The summed E-state index contributed by atoms with van der Waals surface area (Å²) in [5.41, 5.74) is 1.24. The molecule has 0 aliphatic heterocycles. The maximum atomic E-state index is 14.0. The second-order valence-electron chi connectivity index (χ2n) is 8.49. The van der Waals surface area contributed by atoms with Gasteiger partial charge in [-0.2, -0.15) is 13.5 Å². The van der Waals surface area contributed by atoms with Crippen molar-refractivity contribution in [3.8, 4) is 22.4 Å². The van der Waals surface area contributed by atoms with E-state index >= 15 is 0 Å². The van der Waals surface area contributed by atoms with Crippen molar-refractivity contribution < 1.29 is 30.8 Å². The molecule has 2 aromatic heterocycles. The van der Waals surface area contributed by atoms with Crippen molar-refractivity contribution in [3.63, 3.8) is 0 Å². The van der Waals surface area contributed by atoms with Gasteiger partial charge in [0.05, 0.1) is 18.4 Å². The molecule has 0 fully saturated rings. The molecule has 0 saturated heterocycles. The number of benzene rings is 3. The van der Waals surface area contributed by atoms with Gasteiger partial charge in [-0.15, -0.1) is 0 Å². The number of nitrogens with zero attached hydrogens (tertiary/aromatic N) is 2. The summed E-state index contributed by atoms with van der Waals surface area (Å²) in [5, 5.41) is 10.0. The lowest BCUT2D eigenvalue weighted by atomic mass is 9.98. The molecule has 4 N–H and O–H groups in total. The molecule has 1 amide bonds. The van der Waals surface area contributed by atoms with Crippen LogP contribution in [0.25, 0.3) is 33.3 Å². The summed E-state index contributed by atoms with van der Waals surface area (Å²) in [5.74, 6) is -6.09. The molecule has 0 aliphatic rings. The molecular weight excluding hydrogens is 562 g/mol. The van der Waals surface area contributed by atoms with E-state index in [1.165, 1.54) is 47.3 Å². The van der Waals surface area contributed by atoms with Crippen LogP contribution in [0.4, 0.5) is 17.6 Å². The summed E-state index contributed by atoms with van der Waals surface area (Å²) in [4.78, 5) is 15.9. The number of hydrogen-bond acceptors (Lipinski definition) is 4. The van der Waals surface area contributed by atoms with E-state index in [0.29, 0.717) is 27.1 Å². The minimum absolute atomic E-state index is 0.000158. The van der Waals surface area contributed by atoms with E-state index in [9.17, 15) is 30.8 Å². The highest BCUT2D eigenvalue weighted by Crippen LogP contribution is 2.40. The molecule has 8 nitrogen and oxygen atoms in total. The Kier molecular flexibility index (Phi) is 6.66. The minimum Gasteiger partial charge on any atom is -0.350 e. The number of aromatic amines is 1. The van der Waals surface area contributed by atoms with Gasteiger partial charge >= 0.3 is 0 Å². The zero-order valence-electron chi connectivity index (χ0n) is 19.5. The Hall–Kier alpha value is -4.20.